The summed E-state index contributed by atoms with van der Waals surface area (Å²) in [5, 5.41) is 4.94. The number of rotatable bonds is 4. The summed E-state index contributed by atoms with van der Waals surface area (Å²) in [6.45, 7) is 4.87. The molecule has 0 spiro atoms. The van der Waals surface area contributed by atoms with Crippen molar-refractivity contribution in [3.63, 3.8) is 0 Å². The van der Waals surface area contributed by atoms with Gasteiger partial charge in [-0.3, -0.25) is 4.79 Å². The molecule has 0 saturated heterocycles. The Morgan fingerprint density at radius 2 is 2.24 bits per heavy atom. The zero-order valence-electron chi connectivity index (χ0n) is 14.3. The summed E-state index contributed by atoms with van der Waals surface area (Å²) in [6.07, 6.45) is 2.26. The fourth-order valence-corrected chi connectivity index (χ4v) is 5.15. The van der Waals surface area contributed by atoms with Crippen molar-refractivity contribution in [1.82, 2.24) is 9.88 Å². The van der Waals surface area contributed by atoms with Gasteiger partial charge in [0, 0.05) is 16.8 Å². The predicted octanol–water partition coefficient (Wildman–Crippen LogP) is 4.85. The lowest BCUT2D eigenvalue weighted by atomic mass is 9.97. The lowest BCUT2D eigenvalue weighted by Gasteiger charge is -2.35. The third-order valence-corrected chi connectivity index (χ3v) is 6.54. The molecule has 4 rings (SSSR count). The Morgan fingerprint density at radius 3 is 3.00 bits per heavy atom. The van der Waals surface area contributed by atoms with Crippen LogP contribution in [0.1, 0.15) is 41.3 Å². The molecule has 0 radical (unpaired) electrons. The Balaban J connectivity index is 1.50. The van der Waals surface area contributed by atoms with Gasteiger partial charge in [-0.2, -0.15) is 0 Å². The van der Waals surface area contributed by atoms with Gasteiger partial charge in [0.05, 0.1) is 18.2 Å². The normalized spacial score (nSPS) is 16.9. The summed E-state index contributed by atoms with van der Waals surface area (Å²) >= 11 is 3.33. The molecule has 25 heavy (non-hydrogen) atoms. The van der Waals surface area contributed by atoms with E-state index in [0.717, 1.165) is 41.6 Å². The smallest absolute Gasteiger partial charge is 0.229 e. The molecule has 0 fully saturated rings. The van der Waals surface area contributed by atoms with Gasteiger partial charge in [0.25, 0.3) is 0 Å². The van der Waals surface area contributed by atoms with Crippen molar-refractivity contribution < 1.29 is 9.21 Å². The second-order valence-electron chi connectivity index (χ2n) is 6.29. The largest absolute Gasteiger partial charge is 0.459 e. The molecule has 0 saturated carbocycles. The number of hydrogen-bond acceptors (Lipinski definition) is 5. The van der Waals surface area contributed by atoms with Crippen LogP contribution in [0.5, 0.6) is 0 Å². The number of thiophene rings is 1. The van der Waals surface area contributed by atoms with Crippen LogP contribution in [0.3, 0.4) is 0 Å². The molecular weight excluding hydrogens is 352 g/mol. The Hall–Kier alpha value is -1.92. The van der Waals surface area contributed by atoms with Crippen LogP contribution in [-0.2, 0) is 17.6 Å². The summed E-state index contributed by atoms with van der Waals surface area (Å²) in [4.78, 5) is 20.9. The van der Waals surface area contributed by atoms with Crippen molar-refractivity contribution in [3.8, 4) is 10.8 Å². The van der Waals surface area contributed by atoms with Crippen molar-refractivity contribution >= 4 is 28.6 Å². The third-order valence-electron chi connectivity index (χ3n) is 4.64. The zero-order chi connectivity index (χ0) is 17.4. The van der Waals surface area contributed by atoms with E-state index in [1.807, 2.05) is 29.3 Å². The van der Waals surface area contributed by atoms with Crippen LogP contribution >= 0.6 is 22.7 Å². The van der Waals surface area contributed by atoms with Crippen LogP contribution < -0.4 is 0 Å². The van der Waals surface area contributed by atoms with Gasteiger partial charge >= 0.3 is 0 Å². The molecule has 6 heteroatoms. The summed E-state index contributed by atoms with van der Waals surface area (Å²) < 4.78 is 5.62. The van der Waals surface area contributed by atoms with Crippen LogP contribution in [0.25, 0.3) is 10.8 Å². The molecule has 3 aromatic rings. The first-order valence-corrected chi connectivity index (χ1v) is 10.3. The van der Waals surface area contributed by atoms with Crippen LogP contribution in [0.4, 0.5) is 0 Å². The minimum atomic E-state index is 0.163. The zero-order valence-corrected chi connectivity index (χ0v) is 16.0. The van der Waals surface area contributed by atoms with Gasteiger partial charge < -0.3 is 9.32 Å². The van der Waals surface area contributed by atoms with E-state index >= 15 is 0 Å². The average Bonchev–Trinajstić information content (AvgIpc) is 3.33. The highest BCUT2D eigenvalue weighted by atomic mass is 32.1. The number of carbonyl (C=O) groups is 1. The lowest BCUT2D eigenvalue weighted by Crippen LogP contribution is -2.40. The van der Waals surface area contributed by atoms with Crippen LogP contribution in [-0.4, -0.2) is 22.3 Å². The molecule has 0 bridgehead atoms. The first kappa shape index (κ1) is 16.5. The Labute approximate surface area is 155 Å². The number of fused-ring (bicyclic) bond motifs is 1. The quantitative estimate of drug-likeness (QED) is 0.657. The maximum atomic E-state index is 12.9. The van der Waals surface area contributed by atoms with Gasteiger partial charge in [0.2, 0.25) is 5.91 Å². The second kappa shape index (κ2) is 6.77. The molecule has 0 N–H and O–H groups in total. The van der Waals surface area contributed by atoms with E-state index in [0.29, 0.717) is 6.42 Å². The van der Waals surface area contributed by atoms with E-state index in [1.54, 1.807) is 11.3 Å². The maximum Gasteiger partial charge on any atom is 0.229 e. The number of hydrogen-bond donors (Lipinski definition) is 0. The number of furan rings is 1. The first-order valence-electron chi connectivity index (χ1n) is 8.52. The number of carbonyl (C=O) groups excluding carboxylic acids is 1. The minimum Gasteiger partial charge on any atom is -0.459 e. The molecule has 130 valence electrons. The summed E-state index contributed by atoms with van der Waals surface area (Å²) in [6, 6.07) is 6.23. The molecule has 1 atom stereocenters. The van der Waals surface area contributed by atoms with E-state index in [4.69, 9.17) is 4.42 Å². The van der Waals surface area contributed by atoms with Gasteiger partial charge in [0.15, 0.2) is 10.8 Å². The van der Waals surface area contributed by atoms with E-state index in [1.165, 1.54) is 21.8 Å². The van der Waals surface area contributed by atoms with Gasteiger partial charge in [-0.15, -0.1) is 22.7 Å². The Morgan fingerprint density at radius 1 is 1.36 bits per heavy atom. The number of aryl methyl sites for hydroxylation is 1. The van der Waals surface area contributed by atoms with E-state index < -0.39 is 0 Å². The highest BCUT2D eigenvalue weighted by molar-refractivity contribution is 7.13. The molecule has 1 aliphatic heterocycles. The summed E-state index contributed by atoms with van der Waals surface area (Å²) in [5.41, 5.74) is 2.15. The summed E-state index contributed by atoms with van der Waals surface area (Å²) in [5.74, 6) is 1.80. The molecule has 1 unspecified atom stereocenters. The first-order chi connectivity index (χ1) is 12.2. The Bertz CT molecular complexity index is 893. The Kier molecular flexibility index (Phi) is 4.48. The summed E-state index contributed by atoms with van der Waals surface area (Å²) in [7, 11) is 0. The molecule has 3 aromatic heterocycles. The van der Waals surface area contributed by atoms with Crippen molar-refractivity contribution in [1.29, 1.82) is 0 Å². The molecule has 1 aliphatic rings. The van der Waals surface area contributed by atoms with Gasteiger partial charge in [-0.1, -0.05) is 6.92 Å². The van der Waals surface area contributed by atoms with E-state index in [2.05, 4.69) is 23.4 Å². The van der Waals surface area contributed by atoms with E-state index in [-0.39, 0.29) is 11.9 Å². The maximum absolute atomic E-state index is 12.9. The predicted molar refractivity (Wildman–Crippen MR) is 101 cm³/mol. The van der Waals surface area contributed by atoms with Crippen molar-refractivity contribution in [2.75, 3.05) is 6.54 Å². The molecule has 4 heterocycles. The fraction of sp³-hybridized carbons (Fsp3) is 0.368. The lowest BCUT2D eigenvalue weighted by molar-refractivity contribution is -0.133. The van der Waals surface area contributed by atoms with Gasteiger partial charge in [-0.05, 0) is 48.9 Å². The average molecular weight is 373 g/mol. The molecule has 0 aromatic carbocycles. The van der Waals surface area contributed by atoms with Gasteiger partial charge in [0.1, 0.15) is 5.76 Å². The monoisotopic (exact) mass is 372 g/mol. The third kappa shape index (κ3) is 3.16. The van der Waals surface area contributed by atoms with Crippen LogP contribution in [0.15, 0.2) is 33.4 Å². The minimum absolute atomic E-state index is 0.163. The number of nitrogens with zero attached hydrogens (tertiary/aromatic N) is 2. The number of thiazole rings is 1. The number of amides is 1. The standard InChI is InChI=1S/C19H20N2O2S2/c1-3-15-14-7-9-24-17(14)6-8-21(15)18(22)10-13-11-25-19(20-13)16-5-4-12(2)23-16/h4-5,7,9,11,15H,3,6,8,10H2,1-2H3. The molecule has 4 nitrogen and oxygen atoms in total. The van der Waals surface area contributed by atoms with Crippen molar-refractivity contribution in [3.05, 3.63) is 50.9 Å². The van der Waals surface area contributed by atoms with Crippen molar-refractivity contribution in [2.24, 2.45) is 0 Å². The SMILES string of the molecule is CCC1c2ccsc2CCN1C(=O)Cc1csc(-c2ccc(C)o2)n1. The number of aromatic nitrogens is 1. The van der Waals surface area contributed by atoms with Gasteiger partial charge in [-0.25, -0.2) is 4.98 Å². The fourth-order valence-electron chi connectivity index (χ4n) is 3.44. The highest BCUT2D eigenvalue weighted by Crippen LogP contribution is 2.35. The molecule has 1 amide bonds. The van der Waals surface area contributed by atoms with E-state index in [9.17, 15) is 4.79 Å². The molecular formula is C19H20N2O2S2. The van der Waals surface area contributed by atoms with Crippen LogP contribution in [0.2, 0.25) is 0 Å². The molecule has 0 aliphatic carbocycles. The van der Waals surface area contributed by atoms with Crippen LogP contribution in [0, 0.1) is 6.92 Å². The highest BCUT2D eigenvalue weighted by Gasteiger charge is 2.30. The second-order valence-corrected chi connectivity index (χ2v) is 8.15. The van der Waals surface area contributed by atoms with Crippen molar-refractivity contribution in [2.45, 2.75) is 39.2 Å². The topological polar surface area (TPSA) is 46.3 Å².